The van der Waals surface area contributed by atoms with Crippen LogP contribution in [0.15, 0.2) is 0 Å². The Morgan fingerprint density at radius 1 is 1.50 bits per heavy atom. The number of carboxylic acid groups (broad SMARTS) is 1. The molecule has 1 saturated heterocycles. The summed E-state index contributed by atoms with van der Waals surface area (Å²) in [5, 5.41) is 17.7. The fourth-order valence-corrected chi connectivity index (χ4v) is 1.51. The minimum Gasteiger partial charge on any atom is -0.481 e. The van der Waals surface area contributed by atoms with E-state index in [2.05, 4.69) is 0 Å². The molecule has 0 aromatic heterocycles. The molecule has 1 heterocycles. The molecule has 0 aromatic carbocycles. The molecule has 0 saturated carbocycles. The van der Waals surface area contributed by atoms with Gasteiger partial charge in [-0.3, -0.25) is 4.79 Å². The van der Waals surface area contributed by atoms with Gasteiger partial charge in [-0.25, -0.2) is 4.79 Å². The predicted octanol–water partition coefficient (Wildman–Crippen LogP) is -0.175. The summed E-state index contributed by atoms with van der Waals surface area (Å²) < 4.78 is 0. The number of aliphatic carboxylic acids is 1. The van der Waals surface area contributed by atoms with Crippen LogP contribution in [0, 0.1) is 5.92 Å². The van der Waals surface area contributed by atoms with Gasteiger partial charge in [-0.05, 0) is 13.3 Å². The van der Waals surface area contributed by atoms with Gasteiger partial charge in [-0.1, -0.05) is 0 Å². The fraction of sp³-hybridized carbons (Fsp3) is 0.800. The monoisotopic (exact) mass is 230 g/mol. The van der Waals surface area contributed by atoms with E-state index in [1.165, 1.54) is 9.80 Å². The van der Waals surface area contributed by atoms with Gasteiger partial charge < -0.3 is 20.0 Å². The molecular formula is C10H18N2O4. The molecule has 2 N–H and O–H groups in total. The van der Waals surface area contributed by atoms with E-state index in [0.717, 1.165) is 0 Å². The van der Waals surface area contributed by atoms with Crippen molar-refractivity contribution in [3.05, 3.63) is 0 Å². The minimum absolute atomic E-state index is 0.168. The van der Waals surface area contributed by atoms with Crippen molar-refractivity contribution in [3.63, 3.8) is 0 Å². The number of amides is 2. The Labute approximate surface area is 94.4 Å². The highest BCUT2D eigenvalue weighted by atomic mass is 16.4. The number of aliphatic hydroxyl groups is 1. The second kappa shape index (κ2) is 5.16. The number of carbonyl (C=O) groups excluding carboxylic acids is 1. The van der Waals surface area contributed by atoms with Crippen LogP contribution in [0.3, 0.4) is 0 Å². The molecule has 0 spiro atoms. The van der Waals surface area contributed by atoms with Gasteiger partial charge in [0.25, 0.3) is 0 Å². The number of hydrogen-bond donors (Lipinski definition) is 2. The Morgan fingerprint density at radius 3 is 2.50 bits per heavy atom. The third-order valence-electron chi connectivity index (χ3n) is 2.71. The maximum atomic E-state index is 11.7. The van der Waals surface area contributed by atoms with Crippen LogP contribution in [-0.4, -0.2) is 64.8 Å². The van der Waals surface area contributed by atoms with Gasteiger partial charge in [0, 0.05) is 26.7 Å². The zero-order valence-corrected chi connectivity index (χ0v) is 9.59. The van der Waals surface area contributed by atoms with Crippen molar-refractivity contribution in [2.45, 2.75) is 19.4 Å². The predicted molar refractivity (Wildman–Crippen MR) is 57.0 cm³/mol. The number of hydrogen-bond acceptors (Lipinski definition) is 3. The molecule has 1 aliphatic heterocycles. The Kier molecular flexibility index (Phi) is 4.12. The second-order valence-corrected chi connectivity index (χ2v) is 4.28. The molecule has 0 aromatic rings. The highest BCUT2D eigenvalue weighted by Crippen LogP contribution is 2.17. The molecule has 1 rings (SSSR count). The number of carboxylic acids is 1. The number of likely N-dealkylation sites (tertiary alicyclic amines) is 1. The summed E-state index contributed by atoms with van der Waals surface area (Å²) in [5.41, 5.74) is 0. The van der Waals surface area contributed by atoms with Crippen LogP contribution >= 0.6 is 0 Å². The largest absolute Gasteiger partial charge is 0.481 e. The van der Waals surface area contributed by atoms with Crippen LogP contribution in [0.2, 0.25) is 0 Å². The topological polar surface area (TPSA) is 81.1 Å². The molecule has 1 fully saturated rings. The van der Waals surface area contributed by atoms with Gasteiger partial charge >= 0.3 is 12.0 Å². The smallest absolute Gasteiger partial charge is 0.319 e. The van der Waals surface area contributed by atoms with Crippen LogP contribution < -0.4 is 0 Å². The molecule has 6 heteroatoms. The summed E-state index contributed by atoms with van der Waals surface area (Å²) >= 11 is 0. The SMILES string of the molecule is CC(O)CCN(C)C(=O)N1CC(C(=O)O)C1. The average Bonchev–Trinajstić information content (AvgIpc) is 2.10. The van der Waals surface area contributed by atoms with Crippen LogP contribution in [0.5, 0.6) is 0 Å². The maximum Gasteiger partial charge on any atom is 0.319 e. The number of nitrogens with zero attached hydrogens (tertiary/aromatic N) is 2. The van der Waals surface area contributed by atoms with E-state index >= 15 is 0 Å². The quantitative estimate of drug-likeness (QED) is 0.702. The molecule has 0 radical (unpaired) electrons. The summed E-state index contributed by atoms with van der Waals surface area (Å²) in [7, 11) is 1.65. The maximum absolute atomic E-state index is 11.7. The van der Waals surface area contributed by atoms with Crippen LogP contribution in [0.1, 0.15) is 13.3 Å². The van der Waals surface area contributed by atoms with E-state index in [1.54, 1.807) is 14.0 Å². The Bertz CT molecular complexity index is 274. The van der Waals surface area contributed by atoms with Crippen LogP contribution in [0.4, 0.5) is 4.79 Å². The first kappa shape index (κ1) is 12.8. The summed E-state index contributed by atoms with van der Waals surface area (Å²) in [4.78, 5) is 25.2. The van der Waals surface area contributed by atoms with E-state index in [-0.39, 0.29) is 19.1 Å². The third-order valence-corrected chi connectivity index (χ3v) is 2.71. The standard InChI is InChI=1S/C10H18N2O4/c1-7(13)3-4-11(2)10(16)12-5-8(6-12)9(14)15/h7-8,13H,3-6H2,1-2H3,(H,14,15). The highest BCUT2D eigenvalue weighted by Gasteiger charge is 2.36. The Hall–Kier alpha value is -1.30. The third kappa shape index (κ3) is 3.10. The summed E-state index contributed by atoms with van der Waals surface area (Å²) in [6.45, 7) is 2.72. The summed E-state index contributed by atoms with van der Waals surface area (Å²) in [6, 6.07) is -0.168. The zero-order chi connectivity index (χ0) is 12.3. The van der Waals surface area contributed by atoms with E-state index in [1.807, 2.05) is 0 Å². The fourth-order valence-electron chi connectivity index (χ4n) is 1.51. The summed E-state index contributed by atoms with van der Waals surface area (Å²) in [5.74, 6) is -1.27. The van der Waals surface area contributed by atoms with Crippen LogP contribution in [-0.2, 0) is 4.79 Å². The number of urea groups is 1. The van der Waals surface area contributed by atoms with Gasteiger partial charge in [0.2, 0.25) is 0 Å². The van der Waals surface area contributed by atoms with E-state index in [4.69, 9.17) is 10.2 Å². The van der Waals surface area contributed by atoms with Crippen molar-refractivity contribution in [3.8, 4) is 0 Å². The average molecular weight is 230 g/mol. The molecule has 1 aliphatic rings. The van der Waals surface area contributed by atoms with Gasteiger partial charge in [-0.15, -0.1) is 0 Å². The molecule has 92 valence electrons. The van der Waals surface area contributed by atoms with Gasteiger partial charge in [0.05, 0.1) is 12.0 Å². The molecule has 0 aliphatic carbocycles. The molecule has 1 atom stereocenters. The van der Waals surface area contributed by atoms with Crippen molar-refractivity contribution in [1.29, 1.82) is 0 Å². The molecule has 1 unspecified atom stereocenters. The van der Waals surface area contributed by atoms with Crippen molar-refractivity contribution in [1.82, 2.24) is 9.80 Å². The first-order chi connectivity index (χ1) is 7.41. The molecule has 16 heavy (non-hydrogen) atoms. The van der Waals surface area contributed by atoms with Crippen molar-refractivity contribution < 1.29 is 19.8 Å². The number of carbonyl (C=O) groups is 2. The summed E-state index contributed by atoms with van der Waals surface area (Å²) in [6.07, 6.45) is 0.0942. The van der Waals surface area contributed by atoms with E-state index in [0.29, 0.717) is 13.0 Å². The lowest BCUT2D eigenvalue weighted by atomic mass is 10.0. The normalized spacial score (nSPS) is 17.8. The first-order valence-electron chi connectivity index (χ1n) is 5.32. The van der Waals surface area contributed by atoms with E-state index in [9.17, 15) is 9.59 Å². The molecular weight excluding hydrogens is 212 g/mol. The molecule has 6 nitrogen and oxygen atoms in total. The zero-order valence-electron chi connectivity index (χ0n) is 9.59. The molecule has 2 amide bonds. The van der Waals surface area contributed by atoms with Crippen molar-refractivity contribution in [2.75, 3.05) is 26.7 Å². The Morgan fingerprint density at radius 2 is 2.06 bits per heavy atom. The van der Waals surface area contributed by atoms with Crippen molar-refractivity contribution in [2.24, 2.45) is 5.92 Å². The Balaban J connectivity index is 2.28. The minimum atomic E-state index is -0.851. The van der Waals surface area contributed by atoms with Gasteiger partial charge in [0.15, 0.2) is 0 Å². The lowest BCUT2D eigenvalue weighted by molar-refractivity contribution is -0.146. The highest BCUT2D eigenvalue weighted by molar-refractivity contribution is 5.79. The van der Waals surface area contributed by atoms with E-state index < -0.39 is 18.0 Å². The van der Waals surface area contributed by atoms with Gasteiger partial charge in [0.1, 0.15) is 0 Å². The molecule has 0 bridgehead atoms. The van der Waals surface area contributed by atoms with Crippen LogP contribution in [0.25, 0.3) is 0 Å². The van der Waals surface area contributed by atoms with Gasteiger partial charge in [-0.2, -0.15) is 0 Å². The number of rotatable bonds is 4. The first-order valence-corrected chi connectivity index (χ1v) is 5.32. The number of aliphatic hydroxyl groups excluding tert-OH is 1. The van der Waals surface area contributed by atoms with Crippen molar-refractivity contribution >= 4 is 12.0 Å². The second-order valence-electron chi connectivity index (χ2n) is 4.28. The lowest BCUT2D eigenvalue weighted by Gasteiger charge is -2.39. The lowest BCUT2D eigenvalue weighted by Crippen LogP contribution is -2.56.